The molecule has 2 atom stereocenters. The molecule has 1 fully saturated rings. The first-order valence-corrected chi connectivity index (χ1v) is 27.5. The predicted octanol–water partition coefficient (Wildman–Crippen LogP) is 4.98. The first-order chi connectivity index (χ1) is 35.4. The molecule has 0 aromatic heterocycles. The summed E-state index contributed by atoms with van der Waals surface area (Å²) in [6.45, 7) is 5.09. The van der Waals surface area contributed by atoms with E-state index in [1.165, 1.54) is 70.6 Å². The molecule has 0 spiro atoms. The summed E-state index contributed by atoms with van der Waals surface area (Å²) in [6, 6.07) is -0.492. The predicted molar refractivity (Wildman–Crippen MR) is 279 cm³/mol. The number of carbonyl (C=O) groups is 7. The number of carboxylic acids is 1. The van der Waals surface area contributed by atoms with Crippen molar-refractivity contribution in [1.29, 1.82) is 0 Å². The molecular weight excluding hydrogens is 947 g/mol. The smallest absolute Gasteiger partial charge is 0.303 e. The van der Waals surface area contributed by atoms with E-state index in [1.807, 2.05) is 6.92 Å². The van der Waals surface area contributed by atoms with Crippen molar-refractivity contribution in [3.8, 4) is 0 Å². The van der Waals surface area contributed by atoms with Gasteiger partial charge < -0.3 is 61.7 Å². The van der Waals surface area contributed by atoms with Crippen LogP contribution in [-0.2, 0) is 52.5 Å². The fourth-order valence-electron chi connectivity index (χ4n) is 8.41. The van der Waals surface area contributed by atoms with Crippen LogP contribution < -0.4 is 37.6 Å². The Morgan fingerprint density at radius 3 is 1.42 bits per heavy atom. The molecule has 1 saturated carbocycles. The second kappa shape index (κ2) is 50.2. The number of nitrogens with one attached hydrogen (secondary N) is 6. The van der Waals surface area contributed by atoms with Crippen LogP contribution in [0, 0.1) is 11.8 Å². The quantitative estimate of drug-likeness (QED) is 0.0218. The number of rotatable bonds is 49. The molecule has 0 heterocycles. The number of carboxylic acid groups (broad SMARTS) is 1. The lowest BCUT2D eigenvalue weighted by Gasteiger charge is -2.29. The Morgan fingerprint density at radius 2 is 0.945 bits per heavy atom. The minimum absolute atomic E-state index is 0.0391. The number of hydrogen-bond donors (Lipinski definition) is 10. The van der Waals surface area contributed by atoms with Gasteiger partial charge in [0.15, 0.2) is 0 Å². The molecule has 1 aliphatic carbocycles. The summed E-state index contributed by atoms with van der Waals surface area (Å²) in [6.07, 6.45) is 26.3. The van der Waals surface area contributed by atoms with E-state index in [1.54, 1.807) is 7.05 Å². The van der Waals surface area contributed by atoms with Crippen LogP contribution in [0.2, 0.25) is 0 Å². The van der Waals surface area contributed by atoms with Crippen molar-refractivity contribution in [2.75, 3.05) is 86.1 Å². The van der Waals surface area contributed by atoms with Crippen LogP contribution in [0.25, 0.3) is 0 Å². The Morgan fingerprint density at radius 1 is 0.507 bits per heavy atom. The molecule has 0 aromatic carbocycles. The minimum atomic E-state index is -0.687. The highest BCUT2D eigenvalue weighted by molar-refractivity contribution is 5.80. The summed E-state index contributed by atoms with van der Waals surface area (Å²) in [5, 5.41) is 38.0. The summed E-state index contributed by atoms with van der Waals surface area (Å²) in [4.78, 5) is 83.3. The molecule has 0 bridgehead atoms. The lowest BCUT2D eigenvalue weighted by atomic mass is 9.81. The number of ether oxygens (including phenoxy) is 4. The van der Waals surface area contributed by atoms with Gasteiger partial charge in [-0.1, -0.05) is 89.9 Å². The van der Waals surface area contributed by atoms with E-state index in [0.717, 1.165) is 70.6 Å². The highest BCUT2D eigenvalue weighted by Crippen LogP contribution is 2.29. The van der Waals surface area contributed by atoms with E-state index >= 15 is 0 Å². The molecule has 0 aromatic rings. The van der Waals surface area contributed by atoms with Gasteiger partial charge in [-0.2, -0.15) is 0 Å². The number of nitrogens with two attached hydrogens (primary N) is 1. The van der Waals surface area contributed by atoms with Gasteiger partial charge >= 0.3 is 5.97 Å². The van der Waals surface area contributed by atoms with Crippen molar-refractivity contribution >= 4 is 41.4 Å². The largest absolute Gasteiger partial charge is 0.481 e. The van der Waals surface area contributed by atoms with Crippen LogP contribution >= 0.6 is 0 Å². The second-order valence-corrected chi connectivity index (χ2v) is 19.1. The summed E-state index contributed by atoms with van der Waals surface area (Å²) in [5.74, 6) is -1.18. The Labute approximate surface area is 436 Å². The number of likely N-dealkylation sites (N-methyl/N-ethyl adjacent to an activating group) is 1. The van der Waals surface area contributed by atoms with Crippen molar-refractivity contribution in [3.05, 3.63) is 0 Å². The molecule has 1 rings (SSSR count). The zero-order chi connectivity index (χ0) is 54.0. The monoisotopic (exact) mass is 1050 g/mol. The second-order valence-electron chi connectivity index (χ2n) is 19.1. The number of amides is 6. The summed E-state index contributed by atoms with van der Waals surface area (Å²) in [5.41, 5.74) is 5.28. The first kappa shape index (κ1) is 69.0. The highest BCUT2D eigenvalue weighted by atomic mass is 17.0. The molecule has 0 saturated heterocycles. The van der Waals surface area contributed by atoms with Gasteiger partial charge in [-0.15, -0.1) is 0 Å². The minimum Gasteiger partial charge on any atom is -0.481 e. The third kappa shape index (κ3) is 45.2. The van der Waals surface area contributed by atoms with Gasteiger partial charge in [0.2, 0.25) is 35.4 Å². The van der Waals surface area contributed by atoms with Crippen molar-refractivity contribution in [1.82, 2.24) is 31.9 Å². The van der Waals surface area contributed by atoms with E-state index < -0.39 is 11.9 Å². The van der Waals surface area contributed by atoms with Crippen LogP contribution in [0.3, 0.4) is 0 Å². The van der Waals surface area contributed by atoms with E-state index in [0.29, 0.717) is 64.4 Å². The zero-order valence-electron chi connectivity index (χ0n) is 44.8. The van der Waals surface area contributed by atoms with Gasteiger partial charge in [-0.05, 0) is 84.1 Å². The fraction of sp³-hybridized carbons (Fsp3) is 0.865. The standard InChI is InChI=1S/C52H97N7O12.H2O2/c1-42(24-29-47(61)56-31-33-68-35-38-71-41-49(63)57-32-34-69-36-37-70-40-48(62)55-30-20-19-21-45(54-2)51(53)66)59-52(67)44-27-25-43(26-28-44)39-58-46(60)22-17-15-13-11-9-7-5-3-4-6-8-10-12-14-16-18-23-50(64)65;1-2/h42-45,54H,3-41H2,1-2H3,(H2,53,66)(H,55,62)(H,56,61)(H,57,63)(H,58,60)(H,59,67)(H,64,65);1-2H/t42-,43?,44?,45+;/m1./s1. The topological polar surface area (TPSA) is 315 Å². The van der Waals surface area contributed by atoms with Gasteiger partial charge in [0, 0.05) is 57.4 Å². The number of primary amides is 1. The molecule has 426 valence electrons. The molecule has 73 heavy (non-hydrogen) atoms. The van der Waals surface area contributed by atoms with Crippen LogP contribution in [0.5, 0.6) is 0 Å². The zero-order valence-corrected chi connectivity index (χ0v) is 44.8. The molecule has 1 aliphatic rings. The molecule has 0 radical (unpaired) electrons. The summed E-state index contributed by atoms with van der Waals surface area (Å²) >= 11 is 0. The lowest BCUT2D eigenvalue weighted by Crippen LogP contribution is -2.40. The molecule has 0 unspecified atom stereocenters. The number of unbranched alkanes of at least 4 members (excludes halogenated alkanes) is 16. The summed E-state index contributed by atoms with van der Waals surface area (Å²) in [7, 11) is 1.68. The van der Waals surface area contributed by atoms with Crippen molar-refractivity contribution < 1.29 is 68.1 Å². The van der Waals surface area contributed by atoms with Crippen molar-refractivity contribution in [3.63, 3.8) is 0 Å². The van der Waals surface area contributed by atoms with Gasteiger partial charge in [-0.25, -0.2) is 0 Å². The van der Waals surface area contributed by atoms with Crippen LogP contribution in [-0.4, -0.2) is 155 Å². The maximum atomic E-state index is 12.9. The average Bonchev–Trinajstić information content (AvgIpc) is 3.37. The van der Waals surface area contributed by atoms with E-state index in [4.69, 9.17) is 40.3 Å². The van der Waals surface area contributed by atoms with Crippen LogP contribution in [0.4, 0.5) is 0 Å². The lowest BCUT2D eigenvalue weighted by molar-refractivity contribution is -0.176. The third-order valence-electron chi connectivity index (χ3n) is 12.8. The van der Waals surface area contributed by atoms with Gasteiger partial charge in [0.1, 0.15) is 13.2 Å². The van der Waals surface area contributed by atoms with Crippen LogP contribution in [0.15, 0.2) is 0 Å². The maximum Gasteiger partial charge on any atom is 0.303 e. The Bertz CT molecular complexity index is 1420. The normalized spacial score (nSPS) is 15.0. The summed E-state index contributed by atoms with van der Waals surface area (Å²) < 4.78 is 21.5. The third-order valence-corrected chi connectivity index (χ3v) is 12.8. The van der Waals surface area contributed by atoms with Crippen molar-refractivity contribution in [2.45, 2.75) is 192 Å². The van der Waals surface area contributed by atoms with Crippen LogP contribution in [0.1, 0.15) is 180 Å². The van der Waals surface area contributed by atoms with Gasteiger partial charge in [0.25, 0.3) is 0 Å². The maximum absolute atomic E-state index is 12.9. The molecule has 11 N–H and O–H groups in total. The molecule has 21 heteroatoms. The first-order valence-electron chi connectivity index (χ1n) is 27.5. The molecular formula is C52H99N7O14. The van der Waals surface area contributed by atoms with Gasteiger partial charge in [0.05, 0.1) is 45.7 Å². The Hall–Kier alpha value is -3.99. The van der Waals surface area contributed by atoms with Gasteiger partial charge in [-0.3, -0.25) is 44.1 Å². The average molecular weight is 1050 g/mol. The SMILES string of the molecule is CN[C@@H](CCCCNC(=O)COCCOCCNC(=O)COCCOCCNC(=O)CC[C@@H](C)NC(=O)C1CCC(CNC(=O)CCCCCCCCCCCCCCCCCCC(=O)O)CC1)C(N)=O.OO. The molecule has 0 aliphatic heterocycles. The van der Waals surface area contributed by atoms with E-state index in [9.17, 15) is 33.6 Å². The van der Waals surface area contributed by atoms with E-state index in [2.05, 4.69) is 31.9 Å². The number of carbonyl (C=O) groups excluding carboxylic acids is 6. The Balaban J connectivity index is 0.0000256. The molecule has 21 nitrogen and oxygen atoms in total. The molecule has 6 amide bonds. The highest BCUT2D eigenvalue weighted by Gasteiger charge is 2.27. The van der Waals surface area contributed by atoms with Crippen molar-refractivity contribution in [2.24, 2.45) is 17.6 Å². The number of hydrogen-bond acceptors (Lipinski definition) is 14. The fourth-order valence-corrected chi connectivity index (χ4v) is 8.41. The van der Waals surface area contributed by atoms with E-state index in [-0.39, 0.29) is 100 Å². The number of aliphatic carboxylic acids is 1. The Kier molecular flexibility index (Phi) is 47.4.